The van der Waals surface area contributed by atoms with Crippen molar-refractivity contribution in [1.29, 1.82) is 0 Å². The van der Waals surface area contributed by atoms with Crippen molar-refractivity contribution in [1.82, 2.24) is 9.78 Å². The van der Waals surface area contributed by atoms with Crippen molar-refractivity contribution in [3.8, 4) is 5.75 Å². The smallest absolute Gasteiger partial charge is 0.312 e. The predicted molar refractivity (Wildman–Crippen MR) is 93.6 cm³/mol. The summed E-state index contributed by atoms with van der Waals surface area (Å²) in [5, 5.41) is 5.40. The van der Waals surface area contributed by atoms with Crippen molar-refractivity contribution >= 4 is 16.7 Å². The van der Waals surface area contributed by atoms with E-state index in [9.17, 15) is 9.59 Å². The highest BCUT2D eigenvalue weighted by Gasteiger charge is 2.13. The zero-order valence-electron chi connectivity index (χ0n) is 13.8. The zero-order valence-corrected chi connectivity index (χ0v) is 13.8. The van der Waals surface area contributed by atoms with Gasteiger partial charge in [0.2, 0.25) is 0 Å². The van der Waals surface area contributed by atoms with Crippen molar-refractivity contribution in [2.75, 3.05) is 13.2 Å². The molecule has 0 aliphatic rings. The van der Waals surface area contributed by atoms with Gasteiger partial charge < -0.3 is 9.47 Å². The van der Waals surface area contributed by atoms with Crippen molar-refractivity contribution < 1.29 is 14.3 Å². The van der Waals surface area contributed by atoms with Gasteiger partial charge in [0.1, 0.15) is 19.0 Å². The number of carbonyl (C=O) groups excluding carboxylic acids is 1. The second kappa shape index (κ2) is 7.61. The summed E-state index contributed by atoms with van der Waals surface area (Å²) in [6, 6.07) is 16.4. The summed E-state index contributed by atoms with van der Waals surface area (Å²) < 4.78 is 11.9. The van der Waals surface area contributed by atoms with Crippen LogP contribution in [0.4, 0.5) is 0 Å². The highest BCUT2D eigenvalue weighted by Crippen LogP contribution is 2.14. The van der Waals surface area contributed by atoms with E-state index in [1.54, 1.807) is 25.2 Å². The summed E-state index contributed by atoms with van der Waals surface area (Å²) in [6.45, 7) is 0.425. The summed E-state index contributed by atoms with van der Waals surface area (Å²) in [7, 11) is 1.57. The topological polar surface area (TPSA) is 70.4 Å². The molecule has 128 valence electrons. The molecule has 0 saturated heterocycles. The minimum Gasteiger partial charge on any atom is -0.490 e. The zero-order chi connectivity index (χ0) is 17.6. The van der Waals surface area contributed by atoms with Gasteiger partial charge in [-0.15, -0.1) is 0 Å². The van der Waals surface area contributed by atoms with Gasteiger partial charge in [0, 0.05) is 12.4 Å². The van der Waals surface area contributed by atoms with E-state index in [0.717, 1.165) is 5.75 Å². The molecule has 6 nitrogen and oxygen atoms in total. The number of hydrogen-bond donors (Lipinski definition) is 0. The second-order valence-electron chi connectivity index (χ2n) is 5.48. The molecule has 0 unspecified atom stereocenters. The molecule has 0 atom stereocenters. The third kappa shape index (κ3) is 4.03. The predicted octanol–water partition coefficient (Wildman–Crippen LogP) is 2.10. The molecule has 25 heavy (non-hydrogen) atoms. The van der Waals surface area contributed by atoms with Crippen LogP contribution in [0.5, 0.6) is 5.75 Å². The first-order chi connectivity index (χ1) is 12.1. The number of nitrogens with zero attached hydrogens (tertiary/aromatic N) is 2. The number of para-hydroxylation sites is 1. The highest BCUT2D eigenvalue weighted by atomic mass is 16.6. The maximum absolute atomic E-state index is 12.1. The van der Waals surface area contributed by atoms with Crippen molar-refractivity contribution in [2.45, 2.75) is 6.42 Å². The Bertz CT molecular complexity index is 935. The Hall–Kier alpha value is -3.15. The minimum atomic E-state index is -0.409. The van der Waals surface area contributed by atoms with E-state index in [-0.39, 0.29) is 25.2 Å². The highest BCUT2D eigenvalue weighted by molar-refractivity contribution is 5.86. The van der Waals surface area contributed by atoms with Crippen LogP contribution in [0.15, 0.2) is 59.4 Å². The van der Waals surface area contributed by atoms with Gasteiger partial charge in [0.05, 0.1) is 17.5 Å². The first kappa shape index (κ1) is 16.7. The fourth-order valence-electron chi connectivity index (χ4n) is 2.53. The van der Waals surface area contributed by atoms with Crippen LogP contribution in [0.1, 0.15) is 5.69 Å². The van der Waals surface area contributed by atoms with E-state index in [4.69, 9.17) is 9.47 Å². The lowest BCUT2D eigenvalue weighted by atomic mass is 10.1. The molecule has 0 spiro atoms. The van der Waals surface area contributed by atoms with Crippen LogP contribution < -0.4 is 10.3 Å². The first-order valence-corrected chi connectivity index (χ1v) is 7.93. The maximum atomic E-state index is 12.1. The Morgan fingerprint density at radius 2 is 1.68 bits per heavy atom. The van der Waals surface area contributed by atoms with E-state index in [0.29, 0.717) is 16.5 Å². The van der Waals surface area contributed by atoms with E-state index in [1.807, 2.05) is 36.4 Å². The fourth-order valence-corrected chi connectivity index (χ4v) is 2.53. The van der Waals surface area contributed by atoms with Crippen LogP contribution in [0, 0.1) is 0 Å². The number of rotatable bonds is 6. The normalized spacial score (nSPS) is 10.6. The van der Waals surface area contributed by atoms with Crippen LogP contribution in [0.3, 0.4) is 0 Å². The van der Waals surface area contributed by atoms with Crippen LogP contribution >= 0.6 is 0 Å². The molecule has 2 aromatic carbocycles. The van der Waals surface area contributed by atoms with E-state index >= 15 is 0 Å². The van der Waals surface area contributed by atoms with Gasteiger partial charge in [0.15, 0.2) is 0 Å². The lowest BCUT2D eigenvalue weighted by Crippen LogP contribution is -2.23. The molecular weight excluding hydrogens is 320 g/mol. The van der Waals surface area contributed by atoms with Gasteiger partial charge in [-0.1, -0.05) is 36.4 Å². The van der Waals surface area contributed by atoms with Crippen LogP contribution in [-0.2, 0) is 23.0 Å². The molecule has 0 N–H and O–H groups in total. The Morgan fingerprint density at radius 1 is 1.00 bits per heavy atom. The quantitative estimate of drug-likeness (QED) is 0.508. The summed E-state index contributed by atoms with van der Waals surface area (Å²) in [5.74, 6) is 0.317. The number of aromatic nitrogens is 2. The first-order valence-electron chi connectivity index (χ1n) is 7.93. The van der Waals surface area contributed by atoms with Gasteiger partial charge in [-0.05, 0) is 18.2 Å². The van der Waals surface area contributed by atoms with Gasteiger partial charge in [-0.2, -0.15) is 5.10 Å². The summed E-state index contributed by atoms with van der Waals surface area (Å²) in [6.07, 6.45) is -0.0000294. The molecule has 6 heteroatoms. The molecule has 0 radical (unpaired) electrons. The third-order valence-electron chi connectivity index (χ3n) is 3.70. The number of carbonyl (C=O) groups is 1. The molecular formula is C19H18N2O4. The maximum Gasteiger partial charge on any atom is 0.312 e. The van der Waals surface area contributed by atoms with Crippen LogP contribution in [-0.4, -0.2) is 29.0 Å². The SMILES string of the molecule is Cn1nc(CC(=O)OCCOc2ccccc2)c2ccccc2c1=O. The van der Waals surface area contributed by atoms with E-state index in [1.165, 1.54) is 4.68 Å². The molecule has 0 bridgehead atoms. The summed E-state index contributed by atoms with van der Waals surface area (Å²) in [5.41, 5.74) is 0.329. The van der Waals surface area contributed by atoms with Gasteiger partial charge in [0.25, 0.3) is 5.56 Å². The molecule has 3 aromatic rings. The number of fused-ring (bicyclic) bond motifs is 1. The largest absolute Gasteiger partial charge is 0.490 e. The van der Waals surface area contributed by atoms with Crippen LogP contribution in [0.25, 0.3) is 10.8 Å². The lowest BCUT2D eigenvalue weighted by Gasteiger charge is -2.09. The standard InChI is InChI=1S/C19H18N2O4/c1-21-19(23)16-10-6-5-9-15(16)17(20-21)13-18(22)25-12-11-24-14-7-3-2-4-8-14/h2-10H,11-13H2,1H3. The number of aryl methyl sites for hydroxylation is 1. The van der Waals surface area contributed by atoms with Gasteiger partial charge in [-0.25, -0.2) is 4.68 Å². The van der Waals surface area contributed by atoms with Crippen molar-refractivity contribution in [3.05, 3.63) is 70.6 Å². The van der Waals surface area contributed by atoms with E-state index in [2.05, 4.69) is 5.10 Å². The number of benzene rings is 2. The molecule has 0 aliphatic carbocycles. The summed E-state index contributed by atoms with van der Waals surface area (Å²) >= 11 is 0. The Balaban J connectivity index is 1.61. The molecule has 1 aromatic heterocycles. The minimum absolute atomic E-state index is 0.0000294. The average molecular weight is 338 g/mol. The van der Waals surface area contributed by atoms with Crippen molar-refractivity contribution in [3.63, 3.8) is 0 Å². The molecule has 0 fully saturated rings. The van der Waals surface area contributed by atoms with Gasteiger partial charge in [-0.3, -0.25) is 9.59 Å². The fraction of sp³-hybridized carbons (Fsp3) is 0.211. The molecule has 0 saturated carbocycles. The molecule has 3 rings (SSSR count). The average Bonchev–Trinajstić information content (AvgIpc) is 2.64. The number of ether oxygens (including phenoxy) is 2. The second-order valence-corrected chi connectivity index (χ2v) is 5.48. The Morgan fingerprint density at radius 3 is 2.44 bits per heavy atom. The number of hydrogen-bond acceptors (Lipinski definition) is 5. The Labute approximate surface area is 144 Å². The van der Waals surface area contributed by atoms with Crippen LogP contribution in [0.2, 0.25) is 0 Å². The monoisotopic (exact) mass is 338 g/mol. The number of esters is 1. The molecule has 1 heterocycles. The lowest BCUT2D eigenvalue weighted by molar-refractivity contribution is -0.143. The Kier molecular flexibility index (Phi) is 5.09. The van der Waals surface area contributed by atoms with Gasteiger partial charge >= 0.3 is 5.97 Å². The molecule has 0 amide bonds. The molecule has 0 aliphatic heterocycles. The van der Waals surface area contributed by atoms with Crippen molar-refractivity contribution in [2.24, 2.45) is 7.05 Å². The third-order valence-corrected chi connectivity index (χ3v) is 3.70. The van der Waals surface area contributed by atoms with E-state index < -0.39 is 5.97 Å². The summed E-state index contributed by atoms with van der Waals surface area (Å²) in [4.78, 5) is 24.1.